The van der Waals surface area contributed by atoms with Gasteiger partial charge in [0.15, 0.2) is 0 Å². The molecule has 0 saturated heterocycles. The van der Waals surface area contributed by atoms with Crippen molar-refractivity contribution in [2.75, 3.05) is 0 Å². The van der Waals surface area contributed by atoms with E-state index in [4.69, 9.17) is 5.11 Å². The molecule has 2 heteroatoms. The summed E-state index contributed by atoms with van der Waals surface area (Å²) in [5.74, 6) is -0.839. The first-order chi connectivity index (χ1) is 7.71. The quantitative estimate of drug-likeness (QED) is 0.861. The number of carbonyl (C=O) groups is 1. The lowest BCUT2D eigenvalue weighted by molar-refractivity contribution is -0.135. The molecule has 0 saturated carbocycles. The minimum atomic E-state index is -0.839. The Bertz CT molecular complexity index is 450. The second kappa shape index (κ2) is 4.74. The summed E-state index contributed by atoms with van der Waals surface area (Å²) < 4.78 is 0. The van der Waals surface area contributed by atoms with Gasteiger partial charge in [0.2, 0.25) is 0 Å². The zero-order chi connectivity index (χ0) is 13.2. The van der Waals surface area contributed by atoms with Crippen molar-refractivity contribution in [3.63, 3.8) is 0 Å². The van der Waals surface area contributed by atoms with E-state index in [9.17, 15) is 4.79 Å². The van der Waals surface area contributed by atoms with E-state index < -0.39 is 5.97 Å². The fourth-order valence-corrected chi connectivity index (χ4v) is 1.80. The molecule has 1 aromatic carbocycles. The van der Waals surface area contributed by atoms with Gasteiger partial charge in [-0.1, -0.05) is 45.5 Å². The maximum Gasteiger partial charge on any atom is 0.307 e. The lowest BCUT2D eigenvalue weighted by Gasteiger charge is -2.21. The zero-order valence-electron chi connectivity index (χ0n) is 11.0. The Balaban J connectivity index is 3.06. The Kier molecular flexibility index (Phi) is 3.76. The molecule has 0 spiro atoms. The molecule has 0 bridgehead atoms. The average Bonchev–Trinajstić information content (AvgIpc) is 2.14. The molecule has 0 unspecified atom stereocenters. The number of hydrogen-bond donors (Lipinski definition) is 1. The van der Waals surface area contributed by atoms with Gasteiger partial charge in [-0.2, -0.15) is 0 Å². The monoisotopic (exact) mass is 232 g/mol. The first-order valence-electron chi connectivity index (χ1n) is 5.73. The summed E-state index contributed by atoms with van der Waals surface area (Å²) in [6.07, 6.45) is -0.00426. The van der Waals surface area contributed by atoms with E-state index in [0.717, 1.165) is 11.1 Å². The van der Waals surface area contributed by atoms with Gasteiger partial charge in [0, 0.05) is 0 Å². The predicted octanol–water partition coefficient (Wildman–Crippen LogP) is 3.78. The third kappa shape index (κ3) is 3.45. The summed E-state index contributed by atoms with van der Waals surface area (Å²) in [7, 11) is 0. The molecule has 17 heavy (non-hydrogen) atoms. The molecule has 0 aliphatic heterocycles. The number of benzene rings is 1. The van der Waals surface area contributed by atoms with Crippen LogP contribution in [-0.4, -0.2) is 11.1 Å². The topological polar surface area (TPSA) is 37.3 Å². The summed E-state index contributed by atoms with van der Waals surface area (Å²) >= 11 is 0. The number of aryl methyl sites for hydroxylation is 1. The van der Waals surface area contributed by atoms with Crippen molar-refractivity contribution in [2.45, 2.75) is 39.5 Å². The Morgan fingerprint density at radius 2 is 1.94 bits per heavy atom. The van der Waals surface area contributed by atoms with Gasteiger partial charge >= 0.3 is 5.97 Å². The van der Waals surface area contributed by atoms with Gasteiger partial charge in [0.05, 0.1) is 6.42 Å². The van der Waals surface area contributed by atoms with Crippen LogP contribution in [0.15, 0.2) is 24.8 Å². The van der Waals surface area contributed by atoms with E-state index in [1.54, 1.807) is 0 Å². The van der Waals surface area contributed by atoms with Gasteiger partial charge in [-0.05, 0) is 34.6 Å². The van der Waals surface area contributed by atoms with Crippen LogP contribution in [0.3, 0.4) is 0 Å². The van der Waals surface area contributed by atoms with E-state index >= 15 is 0 Å². The Labute approximate surface area is 103 Å². The maximum absolute atomic E-state index is 10.7. The highest BCUT2D eigenvalue weighted by molar-refractivity contribution is 5.83. The van der Waals surface area contributed by atoms with Crippen LogP contribution in [0, 0.1) is 6.92 Å². The molecule has 0 heterocycles. The van der Waals surface area contributed by atoms with Crippen molar-refractivity contribution in [3.8, 4) is 0 Å². The summed E-state index contributed by atoms with van der Waals surface area (Å²) in [5, 5.41) is 8.76. The van der Waals surface area contributed by atoms with Gasteiger partial charge in [-0.3, -0.25) is 4.79 Å². The Morgan fingerprint density at radius 3 is 2.35 bits per heavy atom. The molecule has 1 N–H and O–H groups in total. The fraction of sp³-hybridized carbons (Fsp3) is 0.400. The minimum absolute atomic E-state index is 0.00426. The Hall–Kier alpha value is -1.57. The lowest BCUT2D eigenvalue weighted by atomic mass is 9.84. The summed E-state index contributed by atoms with van der Waals surface area (Å²) in [6.45, 7) is 12.3. The van der Waals surface area contributed by atoms with Crippen molar-refractivity contribution < 1.29 is 9.90 Å². The number of carboxylic acid groups (broad SMARTS) is 1. The molecule has 0 fully saturated rings. The minimum Gasteiger partial charge on any atom is -0.481 e. The van der Waals surface area contributed by atoms with Crippen molar-refractivity contribution in [1.82, 2.24) is 0 Å². The SMILES string of the molecule is C=C(CC(=O)O)c1ccc(C(C)(C)C)cc1C. The highest BCUT2D eigenvalue weighted by Crippen LogP contribution is 2.27. The van der Waals surface area contributed by atoms with Gasteiger partial charge in [0.25, 0.3) is 0 Å². The Morgan fingerprint density at radius 1 is 1.35 bits per heavy atom. The molecule has 0 atom stereocenters. The standard InChI is InChI=1S/C15H20O2/c1-10-8-12(15(3,4)5)6-7-13(10)11(2)9-14(16)17/h6-8H,2,9H2,1,3-5H3,(H,16,17). The van der Waals surface area contributed by atoms with Crippen LogP contribution >= 0.6 is 0 Å². The van der Waals surface area contributed by atoms with Crippen LogP contribution < -0.4 is 0 Å². The van der Waals surface area contributed by atoms with Crippen LogP contribution in [0.5, 0.6) is 0 Å². The van der Waals surface area contributed by atoms with Crippen molar-refractivity contribution >= 4 is 11.5 Å². The maximum atomic E-state index is 10.7. The number of aliphatic carboxylic acids is 1. The molecule has 0 radical (unpaired) electrons. The fourth-order valence-electron chi connectivity index (χ4n) is 1.80. The molecule has 0 amide bonds. The third-order valence-electron chi connectivity index (χ3n) is 2.84. The smallest absolute Gasteiger partial charge is 0.307 e. The highest BCUT2D eigenvalue weighted by atomic mass is 16.4. The molecule has 92 valence electrons. The van der Waals surface area contributed by atoms with Crippen molar-refractivity contribution in [2.24, 2.45) is 0 Å². The van der Waals surface area contributed by atoms with Gasteiger partial charge < -0.3 is 5.11 Å². The van der Waals surface area contributed by atoms with Gasteiger partial charge in [-0.15, -0.1) is 0 Å². The van der Waals surface area contributed by atoms with E-state index in [-0.39, 0.29) is 11.8 Å². The molecular weight excluding hydrogens is 212 g/mol. The largest absolute Gasteiger partial charge is 0.481 e. The van der Waals surface area contributed by atoms with E-state index in [0.29, 0.717) is 5.57 Å². The van der Waals surface area contributed by atoms with Crippen LogP contribution in [-0.2, 0) is 10.2 Å². The normalized spacial score (nSPS) is 11.3. The molecule has 0 aliphatic rings. The van der Waals surface area contributed by atoms with Crippen LogP contribution in [0.2, 0.25) is 0 Å². The second-order valence-electron chi connectivity index (χ2n) is 5.45. The van der Waals surface area contributed by atoms with Crippen LogP contribution in [0.25, 0.3) is 5.57 Å². The number of rotatable bonds is 3. The van der Waals surface area contributed by atoms with E-state index in [2.05, 4.69) is 39.5 Å². The predicted molar refractivity (Wildman–Crippen MR) is 71.2 cm³/mol. The van der Waals surface area contributed by atoms with Gasteiger partial charge in [0.1, 0.15) is 0 Å². The van der Waals surface area contributed by atoms with E-state index in [1.807, 2.05) is 13.0 Å². The van der Waals surface area contributed by atoms with Crippen LogP contribution in [0.1, 0.15) is 43.9 Å². The average molecular weight is 232 g/mol. The zero-order valence-corrected chi connectivity index (χ0v) is 11.0. The summed E-state index contributed by atoms with van der Waals surface area (Å²) in [4.78, 5) is 10.7. The second-order valence-corrected chi connectivity index (χ2v) is 5.45. The number of carboxylic acids is 1. The molecule has 1 aromatic rings. The molecule has 2 nitrogen and oxygen atoms in total. The lowest BCUT2D eigenvalue weighted by Crippen LogP contribution is -2.11. The van der Waals surface area contributed by atoms with Crippen LogP contribution in [0.4, 0.5) is 0 Å². The molecular formula is C15H20O2. The first kappa shape index (κ1) is 13.5. The summed E-state index contributed by atoms with van der Waals surface area (Å²) in [5.41, 5.74) is 4.05. The number of hydrogen-bond acceptors (Lipinski definition) is 1. The van der Waals surface area contributed by atoms with E-state index in [1.165, 1.54) is 5.56 Å². The molecule has 0 aliphatic carbocycles. The molecule has 1 rings (SSSR count). The summed E-state index contributed by atoms with van der Waals surface area (Å²) in [6, 6.07) is 6.14. The molecule has 0 aromatic heterocycles. The van der Waals surface area contributed by atoms with Crippen molar-refractivity contribution in [3.05, 3.63) is 41.5 Å². The third-order valence-corrected chi connectivity index (χ3v) is 2.84. The van der Waals surface area contributed by atoms with Gasteiger partial charge in [-0.25, -0.2) is 0 Å². The highest BCUT2D eigenvalue weighted by Gasteiger charge is 2.15. The first-order valence-corrected chi connectivity index (χ1v) is 5.73. The van der Waals surface area contributed by atoms with Crippen molar-refractivity contribution in [1.29, 1.82) is 0 Å².